The number of benzene rings is 1. The van der Waals surface area contributed by atoms with Gasteiger partial charge in [0, 0.05) is 11.0 Å². The van der Waals surface area contributed by atoms with Crippen LogP contribution in [0.4, 0.5) is 5.69 Å². The van der Waals surface area contributed by atoms with Gasteiger partial charge in [-0.25, -0.2) is 0 Å². The summed E-state index contributed by atoms with van der Waals surface area (Å²) in [7, 11) is 1.59. The number of aromatic nitrogens is 2. The van der Waals surface area contributed by atoms with Crippen molar-refractivity contribution >= 4 is 17.5 Å². The van der Waals surface area contributed by atoms with Gasteiger partial charge in [-0.3, -0.25) is 19.6 Å². The first-order valence-corrected chi connectivity index (χ1v) is 11.0. The number of ketones is 1. The number of allylic oxidation sites excluding steroid dienone is 1. The van der Waals surface area contributed by atoms with Crippen LogP contribution in [0.1, 0.15) is 49.7 Å². The monoisotopic (exact) mass is 421 g/mol. The SMILES string of the molecule is COc1ccc(/C=C/C(=O)C23CC4CC(CC(C4)C2)C3)cc1Cn1cc([N+](=O)[O-])cn1. The van der Waals surface area contributed by atoms with Crippen LogP contribution in [-0.4, -0.2) is 27.6 Å². The van der Waals surface area contributed by atoms with Crippen LogP contribution in [0.2, 0.25) is 0 Å². The summed E-state index contributed by atoms with van der Waals surface area (Å²) in [5.74, 6) is 3.20. The van der Waals surface area contributed by atoms with Crippen molar-refractivity contribution in [1.82, 2.24) is 9.78 Å². The van der Waals surface area contributed by atoms with E-state index in [1.54, 1.807) is 13.2 Å². The Kier molecular flexibility index (Phi) is 4.91. The van der Waals surface area contributed by atoms with Crippen molar-refractivity contribution in [3.8, 4) is 5.75 Å². The van der Waals surface area contributed by atoms with Crippen LogP contribution in [0.25, 0.3) is 6.08 Å². The van der Waals surface area contributed by atoms with Crippen LogP contribution in [0.5, 0.6) is 5.75 Å². The Morgan fingerprint density at radius 3 is 2.52 bits per heavy atom. The molecule has 4 aliphatic rings. The number of methoxy groups -OCH3 is 1. The minimum atomic E-state index is -0.462. The first kappa shape index (κ1) is 20.0. The molecule has 0 unspecified atom stereocenters. The van der Waals surface area contributed by atoms with Gasteiger partial charge in [-0.2, -0.15) is 5.10 Å². The second-order valence-corrected chi connectivity index (χ2v) is 9.62. The molecule has 1 aromatic heterocycles. The fourth-order valence-corrected chi connectivity index (χ4v) is 6.49. The van der Waals surface area contributed by atoms with E-state index in [9.17, 15) is 14.9 Å². The largest absolute Gasteiger partial charge is 0.496 e. The van der Waals surface area contributed by atoms with E-state index in [0.717, 1.165) is 48.1 Å². The Balaban J connectivity index is 1.34. The van der Waals surface area contributed by atoms with Crippen LogP contribution in [0.3, 0.4) is 0 Å². The van der Waals surface area contributed by atoms with E-state index < -0.39 is 4.92 Å². The van der Waals surface area contributed by atoms with Crippen LogP contribution in [-0.2, 0) is 11.3 Å². The molecule has 2 aromatic rings. The predicted octanol–water partition coefficient (Wildman–Crippen LogP) is 4.65. The zero-order valence-corrected chi connectivity index (χ0v) is 17.7. The summed E-state index contributed by atoms with van der Waals surface area (Å²) in [5.41, 5.74) is 1.59. The quantitative estimate of drug-likeness (QED) is 0.369. The van der Waals surface area contributed by atoms with Crippen molar-refractivity contribution in [1.29, 1.82) is 0 Å². The molecule has 4 bridgehead atoms. The van der Waals surface area contributed by atoms with Gasteiger partial charge in [0.05, 0.1) is 18.6 Å². The average molecular weight is 421 g/mol. The molecule has 4 saturated carbocycles. The van der Waals surface area contributed by atoms with E-state index in [4.69, 9.17) is 4.74 Å². The molecular weight excluding hydrogens is 394 g/mol. The lowest BCUT2D eigenvalue weighted by Gasteiger charge is -2.55. The summed E-state index contributed by atoms with van der Waals surface area (Å²) in [6.07, 6.45) is 13.5. The Bertz CT molecular complexity index is 1020. The Labute approximate surface area is 181 Å². The molecule has 4 aliphatic carbocycles. The molecule has 1 heterocycles. The minimum Gasteiger partial charge on any atom is -0.496 e. The Hall–Kier alpha value is -2.96. The van der Waals surface area contributed by atoms with E-state index >= 15 is 0 Å². The molecule has 4 fully saturated rings. The summed E-state index contributed by atoms with van der Waals surface area (Å²) < 4.78 is 6.97. The first-order valence-electron chi connectivity index (χ1n) is 11.0. The maximum atomic E-state index is 13.2. The maximum Gasteiger partial charge on any atom is 0.307 e. The number of hydrogen-bond acceptors (Lipinski definition) is 5. The number of carbonyl (C=O) groups is 1. The number of rotatable bonds is 7. The zero-order chi connectivity index (χ0) is 21.6. The van der Waals surface area contributed by atoms with Gasteiger partial charge < -0.3 is 4.74 Å². The molecule has 31 heavy (non-hydrogen) atoms. The number of ether oxygens (including phenoxy) is 1. The van der Waals surface area contributed by atoms with Gasteiger partial charge in [0.15, 0.2) is 5.78 Å². The first-order chi connectivity index (χ1) is 14.9. The summed E-state index contributed by atoms with van der Waals surface area (Å²) in [4.78, 5) is 23.7. The topological polar surface area (TPSA) is 87.3 Å². The number of hydrogen-bond donors (Lipinski definition) is 0. The Morgan fingerprint density at radius 1 is 1.26 bits per heavy atom. The molecule has 0 saturated heterocycles. The van der Waals surface area contributed by atoms with Gasteiger partial charge in [0.1, 0.15) is 18.1 Å². The van der Waals surface area contributed by atoms with Crippen LogP contribution in [0, 0.1) is 33.3 Å². The average Bonchev–Trinajstić information content (AvgIpc) is 3.20. The van der Waals surface area contributed by atoms with E-state index in [1.807, 2.05) is 24.3 Å². The second-order valence-electron chi connectivity index (χ2n) is 9.62. The van der Waals surface area contributed by atoms with Gasteiger partial charge in [-0.05, 0) is 80.1 Å². The molecular formula is C24H27N3O4. The molecule has 0 N–H and O–H groups in total. The maximum absolute atomic E-state index is 13.2. The van der Waals surface area contributed by atoms with Gasteiger partial charge >= 0.3 is 5.69 Å². The van der Waals surface area contributed by atoms with Gasteiger partial charge in [0.2, 0.25) is 0 Å². The van der Waals surface area contributed by atoms with Crippen molar-refractivity contribution in [3.05, 3.63) is 57.9 Å². The molecule has 0 amide bonds. The Morgan fingerprint density at radius 2 is 1.94 bits per heavy atom. The van der Waals surface area contributed by atoms with Crippen LogP contribution in [0.15, 0.2) is 36.7 Å². The standard InChI is InChI=1S/C24H27N3O4/c1-31-22-4-2-16(9-20(22)14-26-15-21(13-25-26)27(29)30)3-5-23(28)24-10-17-6-18(11-24)8-19(7-17)12-24/h2-5,9,13,15,17-19H,6-8,10-12,14H2,1H3/b5-3+. The summed E-state index contributed by atoms with van der Waals surface area (Å²) in [5, 5.41) is 15.0. The molecule has 0 spiro atoms. The van der Waals surface area contributed by atoms with Gasteiger partial charge in [-0.15, -0.1) is 0 Å². The number of carbonyl (C=O) groups excluding carboxylic acids is 1. The van der Waals surface area contributed by atoms with Crippen LogP contribution >= 0.6 is 0 Å². The van der Waals surface area contributed by atoms with Crippen LogP contribution < -0.4 is 4.74 Å². The van der Waals surface area contributed by atoms with Gasteiger partial charge in [0.25, 0.3) is 0 Å². The third-order valence-electron chi connectivity index (χ3n) is 7.46. The van der Waals surface area contributed by atoms with Gasteiger partial charge in [-0.1, -0.05) is 12.1 Å². The van der Waals surface area contributed by atoms with Crippen molar-refractivity contribution in [2.45, 2.75) is 45.1 Å². The number of nitrogens with zero attached hydrogens (tertiary/aromatic N) is 3. The normalized spacial score (nSPS) is 28.9. The summed E-state index contributed by atoms with van der Waals surface area (Å²) >= 11 is 0. The van der Waals surface area contributed by atoms with Crippen molar-refractivity contribution < 1.29 is 14.5 Å². The highest BCUT2D eigenvalue weighted by Crippen LogP contribution is 2.60. The third kappa shape index (κ3) is 3.77. The molecule has 7 heteroatoms. The summed E-state index contributed by atoms with van der Waals surface area (Å²) in [6.45, 7) is 0.349. The van der Waals surface area contributed by atoms with Crippen molar-refractivity contribution in [2.24, 2.45) is 23.2 Å². The number of nitro groups is 1. The second kappa shape index (κ2) is 7.62. The fourth-order valence-electron chi connectivity index (χ4n) is 6.49. The third-order valence-corrected chi connectivity index (χ3v) is 7.46. The lowest BCUT2D eigenvalue weighted by molar-refractivity contribution is -0.385. The smallest absolute Gasteiger partial charge is 0.307 e. The van der Waals surface area contributed by atoms with E-state index in [1.165, 1.54) is 36.3 Å². The molecule has 162 valence electrons. The molecule has 7 nitrogen and oxygen atoms in total. The highest BCUT2D eigenvalue weighted by atomic mass is 16.6. The molecule has 0 atom stereocenters. The van der Waals surface area contributed by atoms with E-state index in [-0.39, 0.29) is 16.9 Å². The highest BCUT2D eigenvalue weighted by molar-refractivity contribution is 5.98. The molecule has 0 radical (unpaired) electrons. The summed E-state index contributed by atoms with van der Waals surface area (Å²) in [6, 6.07) is 5.75. The lowest BCUT2D eigenvalue weighted by atomic mass is 9.48. The van der Waals surface area contributed by atoms with E-state index in [0.29, 0.717) is 12.3 Å². The predicted molar refractivity (Wildman–Crippen MR) is 116 cm³/mol. The lowest BCUT2D eigenvalue weighted by Crippen LogP contribution is -2.49. The highest BCUT2D eigenvalue weighted by Gasteiger charge is 2.53. The molecule has 0 aliphatic heterocycles. The minimum absolute atomic E-state index is 0.0452. The van der Waals surface area contributed by atoms with Crippen molar-refractivity contribution in [3.63, 3.8) is 0 Å². The molecule has 1 aromatic carbocycles. The van der Waals surface area contributed by atoms with Crippen molar-refractivity contribution in [2.75, 3.05) is 7.11 Å². The zero-order valence-electron chi connectivity index (χ0n) is 17.7. The fraction of sp³-hybridized carbons (Fsp3) is 0.500. The molecule has 6 rings (SSSR count). The van der Waals surface area contributed by atoms with E-state index in [2.05, 4.69) is 5.10 Å².